The van der Waals surface area contributed by atoms with E-state index in [0.717, 1.165) is 42.4 Å². The molecular weight excluding hydrogens is 302 g/mol. The summed E-state index contributed by atoms with van der Waals surface area (Å²) in [7, 11) is 3.40. The van der Waals surface area contributed by atoms with Gasteiger partial charge in [0.2, 0.25) is 0 Å². The number of fused-ring (bicyclic) bond motifs is 1. The van der Waals surface area contributed by atoms with E-state index in [4.69, 9.17) is 14.2 Å². The lowest BCUT2D eigenvalue weighted by molar-refractivity contribution is 0.155. The van der Waals surface area contributed by atoms with Gasteiger partial charge in [-0.3, -0.25) is 4.90 Å². The van der Waals surface area contributed by atoms with Crippen molar-refractivity contribution >= 4 is 0 Å². The SMILES string of the molecule is COc1ccc(CN2Cc3ccccc3O[C@H](C)C2)c(OC)c1C. The van der Waals surface area contributed by atoms with Gasteiger partial charge in [0, 0.05) is 36.3 Å². The van der Waals surface area contributed by atoms with Crippen LogP contribution in [0.4, 0.5) is 0 Å². The lowest BCUT2D eigenvalue weighted by Crippen LogP contribution is -2.30. The molecule has 0 radical (unpaired) electrons. The molecule has 0 spiro atoms. The van der Waals surface area contributed by atoms with Gasteiger partial charge < -0.3 is 14.2 Å². The molecule has 0 unspecified atom stereocenters. The fraction of sp³-hybridized carbons (Fsp3) is 0.400. The summed E-state index contributed by atoms with van der Waals surface area (Å²) in [5.74, 6) is 2.75. The van der Waals surface area contributed by atoms with E-state index >= 15 is 0 Å². The maximum absolute atomic E-state index is 6.05. The molecule has 1 aliphatic rings. The normalized spacial score (nSPS) is 17.6. The smallest absolute Gasteiger partial charge is 0.129 e. The predicted octanol–water partition coefficient (Wildman–Crippen LogP) is 3.80. The molecule has 0 saturated carbocycles. The fourth-order valence-corrected chi connectivity index (χ4v) is 3.39. The Hall–Kier alpha value is -2.20. The third-order valence-corrected chi connectivity index (χ3v) is 4.47. The van der Waals surface area contributed by atoms with Gasteiger partial charge in [-0.1, -0.05) is 24.3 Å². The molecule has 1 atom stereocenters. The molecule has 24 heavy (non-hydrogen) atoms. The van der Waals surface area contributed by atoms with E-state index < -0.39 is 0 Å². The van der Waals surface area contributed by atoms with E-state index in [-0.39, 0.29) is 6.10 Å². The maximum Gasteiger partial charge on any atom is 0.129 e. The summed E-state index contributed by atoms with van der Waals surface area (Å²) in [6, 6.07) is 12.4. The highest BCUT2D eigenvalue weighted by Crippen LogP contribution is 2.33. The first-order chi connectivity index (χ1) is 11.6. The minimum absolute atomic E-state index is 0.152. The number of para-hydroxylation sites is 1. The molecule has 0 amide bonds. The second-order valence-corrected chi connectivity index (χ2v) is 6.29. The molecule has 0 fully saturated rings. The highest BCUT2D eigenvalue weighted by molar-refractivity contribution is 5.49. The molecule has 2 aromatic carbocycles. The van der Waals surface area contributed by atoms with Crippen LogP contribution in [0.25, 0.3) is 0 Å². The molecule has 0 aromatic heterocycles. The zero-order chi connectivity index (χ0) is 17.1. The monoisotopic (exact) mass is 327 g/mol. The minimum Gasteiger partial charge on any atom is -0.496 e. The zero-order valence-electron chi connectivity index (χ0n) is 14.8. The lowest BCUT2D eigenvalue weighted by Gasteiger charge is -2.24. The number of ether oxygens (including phenoxy) is 3. The first kappa shape index (κ1) is 16.7. The molecule has 0 saturated heterocycles. The number of nitrogens with zero attached hydrogens (tertiary/aromatic N) is 1. The summed E-state index contributed by atoms with van der Waals surface area (Å²) in [4.78, 5) is 2.40. The Morgan fingerprint density at radius 1 is 1.12 bits per heavy atom. The zero-order valence-corrected chi connectivity index (χ0v) is 14.8. The molecular formula is C20H25NO3. The van der Waals surface area contributed by atoms with Crippen molar-refractivity contribution in [1.82, 2.24) is 4.90 Å². The van der Waals surface area contributed by atoms with Gasteiger partial charge in [-0.15, -0.1) is 0 Å². The number of hydrogen-bond donors (Lipinski definition) is 0. The van der Waals surface area contributed by atoms with Crippen molar-refractivity contribution in [1.29, 1.82) is 0 Å². The predicted molar refractivity (Wildman–Crippen MR) is 94.9 cm³/mol. The number of benzene rings is 2. The summed E-state index contributed by atoms with van der Waals surface area (Å²) >= 11 is 0. The summed E-state index contributed by atoms with van der Waals surface area (Å²) in [6.07, 6.45) is 0.152. The highest BCUT2D eigenvalue weighted by Gasteiger charge is 2.21. The van der Waals surface area contributed by atoms with Gasteiger partial charge in [0.1, 0.15) is 23.4 Å². The van der Waals surface area contributed by atoms with Gasteiger partial charge in [0.05, 0.1) is 14.2 Å². The number of methoxy groups -OCH3 is 2. The Labute approximate surface area is 144 Å². The largest absolute Gasteiger partial charge is 0.496 e. The highest BCUT2D eigenvalue weighted by atomic mass is 16.5. The molecule has 1 aliphatic heterocycles. The van der Waals surface area contributed by atoms with E-state index in [1.54, 1.807) is 14.2 Å². The number of hydrogen-bond acceptors (Lipinski definition) is 4. The van der Waals surface area contributed by atoms with E-state index in [1.165, 1.54) is 11.1 Å². The van der Waals surface area contributed by atoms with Crippen LogP contribution in [0, 0.1) is 6.92 Å². The molecule has 1 heterocycles. The Bertz CT molecular complexity index is 714. The maximum atomic E-state index is 6.05. The summed E-state index contributed by atoms with van der Waals surface area (Å²) in [5, 5.41) is 0. The van der Waals surface area contributed by atoms with Gasteiger partial charge in [0.25, 0.3) is 0 Å². The van der Waals surface area contributed by atoms with Gasteiger partial charge in [-0.05, 0) is 26.0 Å². The number of rotatable bonds is 4. The minimum atomic E-state index is 0.152. The van der Waals surface area contributed by atoms with Crippen LogP contribution in [0.5, 0.6) is 17.2 Å². The summed E-state index contributed by atoms with van der Waals surface area (Å²) in [5.41, 5.74) is 3.44. The third kappa shape index (κ3) is 3.34. The summed E-state index contributed by atoms with van der Waals surface area (Å²) < 4.78 is 17.1. The van der Waals surface area contributed by atoms with Crippen LogP contribution in [0.2, 0.25) is 0 Å². The Morgan fingerprint density at radius 2 is 1.92 bits per heavy atom. The van der Waals surface area contributed by atoms with Crippen molar-refractivity contribution in [3.63, 3.8) is 0 Å². The quantitative estimate of drug-likeness (QED) is 0.855. The van der Waals surface area contributed by atoms with Crippen LogP contribution in [-0.2, 0) is 13.1 Å². The van der Waals surface area contributed by atoms with Crippen molar-refractivity contribution in [2.45, 2.75) is 33.0 Å². The van der Waals surface area contributed by atoms with Gasteiger partial charge >= 0.3 is 0 Å². The standard InChI is InChI=1S/C20H25NO3/c1-14-11-21(12-16-7-5-6-8-19(16)24-14)13-17-9-10-18(22-3)15(2)20(17)23-4/h5-10,14H,11-13H2,1-4H3/t14-/m1/s1. The average Bonchev–Trinajstić information content (AvgIpc) is 2.72. The molecule has 0 aliphatic carbocycles. The molecule has 3 rings (SSSR count). The topological polar surface area (TPSA) is 30.9 Å². The van der Waals surface area contributed by atoms with E-state index in [0.29, 0.717) is 0 Å². The summed E-state index contributed by atoms with van der Waals surface area (Å²) in [6.45, 7) is 6.71. The Morgan fingerprint density at radius 3 is 2.67 bits per heavy atom. The van der Waals surface area contributed by atoms with Gasteiger partial charge in [0.15, 0.2) is 0 Å². The second kappa shape index (κ2) is 7.14. The first-order valence-corrected chi connectivity index (χ1v) is 8.29. The van der Waals surface area contributed by atoms with Crippen LogP contribution in [0.1, 0.15) is 23.6 Å². The van der Waals surface area contributed by atoms with E-state index in [2.05, 4.69) is 30.0 Å². The average molecular weight is 327 g/mol. The molecule has 2 aromatic rings. The molecule has 4 nitrogen and oxygen atoms in total. The first-order valence-electron chi connectivity index (χ1n) is 8.29. The van der Waals surface area contributed by atoms with Crippen LogP contribution in [0.15, 0.2) is 36.4 Å². The molecule has 0 N–H and O–H groups in total. The van der Waals surface area contributed by atoms with Gasteiger partial charge in [-0.2, -0.15) is 0 Å². The lowest BCUT2D eigenvalue weighted by atomic mass is 10.1. The van der Waals surface area contributed by atoms with Crippen LogP contribution < -0.4 is 14.2 Å². The van der Waals surface area contributed by atoms with Crippen LogP contribution >= 0.6 is 0 Å². The van der Waals surface area contributed by atoms with E-state index in [1.807, 2.05) is 25.1 Å². The Kier molecular flexibility index (Phi) is 4.95. The fourth-order valence-electron chi connectivity index (χ4n) is 3.39. The van der Waals surface area contributed by atoms with Crippen molar-refractivity contribution in [2.75, 3.05) is 20.8 Å². The molecule has 0 bridgehead atoms. The second-order valence-electron chi connectivity index (χ2n) is 6.29. The van der Waals surface area contributed by atoms with Crippen molar-refractivity contribution in [2.24, 2.45) is 0 Å². The van der Waals surface area contributed by atoms with Crippen LogP contribution in [0.3, 0.4) is 0 Å². The van der Waals surface area contributed by atoms with Crippen LogP contribution in [-0.4, -0.2) is 31.8 Å². The van der Waals surface area contributed by atoms with Crippen molar-refractivity contribution in [3.05, 3.63) is 53.1 Å². The van der Waals surface area contributed by atoms with Crippen molar-refractivity contribution < 1.29 is 14.2 Å². The van der Waals surface area contributed by atoms with Crippen molar-refractivity contribution in [3.8, 4) is 17.2 Å². The molecule has 4 heteroatoms. The Balaban J connectivity index is 1.87. The van der Waals surface area contributed by atoms with E-state index in [9.17, 15) is 0 Å². The third-order valence-electron chi connectivity index (χ3n) is 4.47. The van der Waals surface area contributed by atoms with Gasteiger partial charge in [-0.25, -0.2) is 0 Å². The molecule has 128 valence electrons.